The topological polar surface area (TPSA) is 118 Å². The van der Waals surface area contributed by atoms with Gasteiger partial charge >= 0.3 is 12.3 Å². The number of aliphatic hydroxyl groups is 2. The Hall–Kier alpha value is -1.47. The van der Waals surface area contributed by atoms with E-state index in [1.807, 2.05) is 27.7 Å². The molecule has 12 heteroatoms. The monoisotopic (exact) mass is 535 g/mol. The Morgan fingerprint density at radius 2 is 1.56 bits per heavy atom. The van der Waals surface area contributed by atoms with Crippen molar-refractivity contribution >= 4 is 12.4 Å². The van der Waals surface area contributed by atoms with Crippen LogP contribution in [-0.4, -0.2) is 103 Å². The van der Waals surface area contributed by atoms with E-state index in [-0.39, 0.29) is 14.0 Å². The van der Waals surface area contributed by atoms with Crippen LogP contribution in [0, 0.1) is 0 Å². The molecule has 2 heterocycles. The molecule has 2 saturated heterocycles. The summed E-state index contributed by atoms with van der Waals surface area (Å²) in [7, 11) is 0. The second kappa shape index (κ2) is 18.7. The molecular weight excluding hydrogens is 485 g/mol. The molecule has 0 aromatic rings. The van der Waals surface area contributed by atoms with Gasteiger partial charge in [-0.3, -0.25) is 4.79 Å². The first-order valence-corrected chi connectivity index (χ1v) is 11.5. The Morgan fingerprint density at radius 1 is 1.08 bits per heavy atom. The van der Waals surface area contributed by atoms with Gasteiger partial charge in [0.05, 0.1) is 31.0 Å². The lowest BCUT2D eigenvalue weighted by molar-refractivity contribution is -0.156. The molecule has 218 valence electrons. The van der Waals surface area contributed by atoms with Gasteiger partial charge in [-0.2, -0.15) is 13.2 Å². The summed E-state index contributed by atoms with van der Waals surface area (Å²) >= 11 is 0. The fourth-order valence-electron chi connectivity index (χ4n) is 2.60. The molecule has 2 atom stereocenters. The molecule has 2 rings (SSSR count). The average Bonchev–Trinajstić information content (AvgIpc) is 2.68. The highest BCUT2D eigenvalue weighted by atomic mass is 19.4. The third kappa shape index (κ3) is 24.2. The lowest BCUT2D eigenvalue weighted by atomic mass is 10.0. The van der Waals surface area contributed by atoms with Crippen molar-refractivity contribution < 1.29 is 48.6 Å². The van der Waals surface area contributed by atoms with Crippen molar-refractivity contribution in [3.8, 4) is 0 Å². The molecule has 0 saturated carbocycles. The number of nitrogens with zero attached hydrogens (tertiary/aromatic N) is 1. The summed E-state index contributed by atoms with van der Waals surface area (Å²) in [5.41, 5.74) is -2.02. The summed E-state index contributed by atoms with van der Waals surface area (Å²) in [6, 6.07) is 0. The van der Waals surface area contributed by atoms with Crippen LogP contribution in [0.1, 0.15) is 70.1 Å². The molecule has 2 aliphatic rings. The number of hydrogen-bond donors (Lipinski definition) is 3. The van der Waals surface area contributed by atoms with Gasteiger partial charge in [-0.1, -0.05) is 21.3 Å². The maximum absolute atomic E-state index is 11.9. The molecular formula is C24H49F3N2O7. The third-order valence-electron chi connectivity index (χ3n) is 4.32. The van der Waals surface area contributed by atoms with Crippen LogP contribution in [0.5, 0.6) is 0 Å². The van der Waals surface area contributed by atoms with E-state index in [2.05, 4.69) is 5.32 Å². The predicted molar refractivity (Wildman–Crippen MR) is 133 cm³/mol. The summed E-state index contributed by atoms with van der Waals surface area (Å²) in [5.74, 6) is 0. The number of ether oxygens (including phenoxy) is 3. The highest BCUT2D eigenvalue weighted by molar-refractivity contribution is 5.68. The standard InChI is InChI=1S/C12H23NO4.C7H15NO2.C2HF3O.C2H6.CH4/c1-11(2,3)17-10(14)13-6-8-16-7-5-12(4,15)9-13;1-7(9)2-4-10-5-3-8-6-7;3-2(4,5)1-6;1-2;/h15H,5-9H2,1-4H3;8-9H,2-6H2,1H3;1H;1-2H3;1H4/i;;;1D;. The molecule has 2 aliphatic heterocycles. The molecule has 1 amide bonds. The quantitative estimate of drug-likeness (QED) is 0.403. The van der Waals surface area contributed by atoms with Crippen LogP contribution in [0.3, 0.4) is 0 Å². The third-order valence-corrected chi connectivity index (χ3v) is 4.32. The summed E-state index contributed by atoms with van der Waals surface area (Å²) in [6.45, 7) is 16.0. The first-order chi connectivity index (χ1) is 16.4. The van der Waals surface area contributed by atoms with Crippen molar-refractivity contribution in [2.75, 3.05) is 52.6 Å². The van der Waals surface area contributed by atoms with Crippen LogP contribution in [0.25, 0.3) is 0 Å². The first kappa shape index (κ1) is 36.7. The molecule has 36 heavy (non-hydrogen) atoms. The van der Waals surface area contributed by atoms with Crippen molar-refractivity contribution in [1.82, 2.24) is 10.2 Å². The molecule has 3 N–H and O–H groups in total. The highest BCUT2D eigenvalue weighted by Gasteiger charge is 2.31. The Labute approximate surface area is 216 Å². The number of aldehydes is 1. The number of carbonyl (C=O) groups excluding carboxylic acids is 2. The van der Waals surface area contributed by atoms with Crippen LogP contribution in [0.4, 0.5) is 18.0 Å². The zero-order valence-corrected chi connectivity index (χ0v) is 21.9. The maximum atomic E-state index is 11.9. The zero-order chi connectivity index (χ0) is 28.5. The van der Waals surface area contributed by atoms with Crippen LogP contribution in [0.2, 0.25) is 0 Å². The van der Waals surface area contributed by atoms with Gasteiger partial charge in [-0.25, -0.2) is 4.79 Å². The van der Waals surface area contributed by atoms with E-state index in [0.717, 1.165) is 19.6 Å². The largest absolute Gasteiger partial charge is 0.446 e. The minimum absolute atomic E-state index is 0. The van der Waals surface area contributed by atoms with Gasteiger partial charge in [-0.05, 0) is 34.6 Å². The van der Waals surface area contributed by atoms with E-state index in [1.54, 1.807) is 13.8 Å². The predicted octanol–water partition coefficient (Wildman–Crippen LogP) is 3.55. The summed E-state index contributed by atoms with van der Waals surface area (Å²) < 4.78 is 53.2. The van der Waals surface area contributed by atoms with E-state index in [0.29, 0.717) is 46.2 Å². The SMILES string of the molecule is C.CC1(O)CCOCCN(C(=O)OC(C)(C)C)C1.CC1(O)CCOCCNC1.O=CC(F)(F)F.[2H]CC. The number of alkyl halides is 3. The minimum atomic E-state index is -4.64. The van der Waals surface area contributed by atoms with Gasteiger partial charge in [0.1, 0.15) is 5.60 Å². The molecule has 0 radical (unpaired) electrons. The second-order valence-corrected chi connectivity index (χ2v) is 9.46. The fourth-order valence-corrected chi connectivity index (χ4v) is 2.60. The van der Waals surface area contributed by atoms with Gasteiger partial charge in [0.25, 0.3) is 0 Å². The molecule has 0 aliphatic carbocycles. The Bertz CT molecular complexity index is 592. The van der Waals surface area contributed by atoms with Crippen molar-refractivity contribution in [1.29, 1.82) is 0 Å². The molecule has 2 fully saturated rings. The smallest absolute Gasteiger partial charge is 0.444 e. The van der Waals surface area contributed by atoms with Crippen molar-refractivity contribution in [2.24, 2.45) is 0 Å². The summed E-state index contributed by atoms with van der Waals surface area (Å²) in [5, 5.41) is 22.7. The van der Waals surface area contributed by atoms with Gasteiger partial charge < -0.3 is 34.6 Å². The van der Waals surface area contributed by atoms with Gasteiger partial charge in [0.2, 0.25) is 6.29 Å². The van der Waals surface area contributed by atoms with E-state index >= 15 is 0 Å². The number of β-amino-alcohol motifs (C(OH)–C–C–N with tert-alkyl or cyclic N) is 2. The second-order valence-electron chi connectivity index (χ2n) is 9.46. The molecule has 0 spiro atoms. The van der Waals surface area contributed by atoms with Crippen LogP contribution >= 0.6 is 0 Å². The Kier molecular flexibility index (Phi) is 19.1. The number of carbonyl (C=O) groups is 2. The normalized spacial score (nSPS) is 25.4. The van der Waals surface area contributed by atoms with Crippen molar-refractivity contribution in [3.63, 3.8) is 0 Å². The van der Waals surface area contributed by atoms with E-state index in [9.17, 15) is 28.2 Å². The van der Waals surface area contributed by atoms with Crippen LogP contribution in [-0.2, 0) is 19.0 Å². The van der Waals surface area contributed by atoms with E-state index in [1.165, 1.54) is 4.90 Å². The van der Waals surface area contributed by atoms with Gasteiger partial charge in [-0.15, -0.1) is 0 Å². The number of nitrogens with one attached hydrogen (secondary N) is 1. The first-order valence-electron chi connectivity index (χ1n) is 12.2. The number of halogens is 3. The summed E-state index contributed by atoms with van der Waals surface area (Å²) in [4.78, 5) is 22.1. The minimum Gasteiger partial charge on any atom is -0.444 e. The molecule has 0 aromatic carbocycles. The lowest BCUT2D eigenvalue weighted by Gasteiger charge is -2.34. The lowest BCUT2D eigenvalue weighted by Crippen LogP contribution is -2.49. The number of amides is 1. The highest BCUT2D eigenvalue weighted by Crippen LogP contribution is 2.17. The van der Waals surface area contributed by atoms with Crippen molar-refractivity contribution in [3.05, 3.63) is 0 Å². The number of rotatable bonds is 0. The fraction of sp³-hybridized carbons (Fsp3) is 0.917. The van der Waals surface area contributed by atoms with Gasteiger partial charge in [0.15, 0.2) is 0 Å². The molecule has 0 bridgehead atoms. The van der Waals surface area contributed by atoms with Crippen LogP contribution < -0.4 is 5.32 Å². The van der Waals surface area contributed by atoms with Crippen molar-refractivity contribution in [2.45, 2.75) is 91.7 Å². The zero-order valence-electron chi connectivity index (χ0n) is 22.9. The summed E-state index contributed by atoms with van der Waals surface area (Å²) in [6.07, 6.45) is -4.86. The molecule has 0 aromatic heterocycles. The number of hydrogen-bond acceptors (Lipinski definition) is 8. The van der Waals surface area contributed by atoms with Crippen LogP contribution in [0.15, 0.2) is 0 Å². The van der Waals surface area contributed by atoms with E-state index in [4.69, 9.17) is 20.4 Å². The van der Waals surface area contributed by atoms with Gasteiger partial charge in [0, 0.05) is 47.1 Å². The Morgan fingerprint density at radius 3 is 2.03 bits per heavy atom. The maximum Gasteiger partial charge on any atom is 0.446 e. The average molecular weight is 536 g/mol. The Balaban J connectivity index is -0.000000490. The van der Waals surface area contributed by atoms with E-state index < -0.39 is 35.4 Å². The molecule has 9 nitrogen and oxygen atoms in total. The molecule has 2 unspecified atom stereocenters.